The predicted octanol–water partition coefficient (Wildman–Crippen LogP) is 3.11. The molecule has 0 saturated heterocycles. The molecule has 29 heavy (non-hydrogen) atoms. The molecule has 1 aliphatic carbocycles. The average Bonchev–Trinajstić information content (AvgIpc) is 3.10. The number of nitrogens with zero attached hydrogens (tertiary/aromatic N) is 2. The van der Waals surface area contributed by atoms with Crippen molar-refractivity contribution >= 4 is 11.4 Å². The van der Waals surface area contributed by atoms with Crippen molar-refractivity contribution in [3.63, 3.8) is 0 Å². The van der Waals surface area contributed by atoms with Crippen molar-refractivity contribution in [1.82, 2.24) is 14.9 Å². The first-order chi connectivity index (χ1) is 14.1. The lowest BCUT2D eigenvalue weighted by atomic mass is 9.92. The number of aliphatic hydroxyl groups excluding tert-OH is 1. The molecule has 4 rings (SSSR count). The Labute approximate surface area is 168 Å². The lowest BCUT2D eigenvalue weighted by Crippen LogP contribution is -2.45. The Balaban J connectivity index is 1.66. The zero-order valence-corrected chi connectivity index (χ0v) is 16.3. The Morgan fingerprint density at radius 2 is 2.10 bits per heavy atom. The highest BCUT2D eigenvalue weighted by atomic mass is 19.1. The first-order valence-electron chi connectivity index (χ1n) is 9.84. The fourth-order valence-corrected chi connectivity index (χ4v) is 3.99. The number of nitrogens with one attached hydrogen (secondary N) is 1. The van der Waals surface area contributed by atoms with E-state index >= 15 is 0 Å². The number of methoxy groups -OCH3 is 1. The maximum absolute atomic E-state index is 14.6. The Morgan fingerprint density at radius 3 is 2.90 bits per heavy atom. The molecule has 0 unspecified atom stereocenters. The molecule has 2 heterocycles. The maximum atomic E-state index is 14.6. The quantitative estimate of drug-likeness (QED) is 0.694. The largest absolute Gasteiger partial charge is 0.494 e. The van der Waals surface area contributed by atoms with Crippen LogP contribution in [-0.4, -0.2) is 39.9 Å². The number of carbonyl (C=O) groups is 1. The van der Waals surface area contributed by atoms with E-state index in [1.54, 1.807) is 41.0 Å². The molecule has 1 aliphatic rings. The topological polar surface area (TPSA) is 75.9 Å². The van der Waals surface area contributed by atoms with E-state index in [-0.39, 0.29) is 17.7 Å². The molecule has 0 radical (unpaired) electrons. The summed E-state index contributed by atoms with van der Waals surface area (Å²) in [7, 11) is 1.43. The van der Waals surface area contributed by atoms with E-state index in [0.29, 0.717) is 24.1 Å². The lowest BCUT2D eigenvalue weighted by molar-refractivity contribution is 0.0712. The van der Waals surface area contributed by atoms with Gasteiger partial charge in [-0.3, -0.25) is 4.79 Å². The van der Waals surface area contributed by atoms with Crippen LogP contribution in [0, 0.1) is 5.82 Å². The number of ether oxygens (including phenoxy) is 1. The van der Waals surface area contributed by atoms with Gasteiger partial charge in [0.2, 0.25) is 0 Å². The highest BCUT2D eigenvalue weighted by Gasteiger charge is 2.26. The molecule has 2 N–H and O–H groups in total. The second-order valence-electron chi connectivity index (χ2n) is 7.42. The molecule has 7 heteroatoms. The van der Waals surface area contributed by atoms with E-state index in [4.69, 9.17) is 4.74 Å². The van der Waals surface area contributed by atoms with Crippen molar-refractivity contribution in [2.24, 2.45) is 0 Å². The minimum atomic E-state index is -0.530. The highest BCUT2D eigenvalue weighted by Crippen LogP contribution is 2.26. The van der Waals surface area contributed by atoms with Gasteiger partial charge < -0.3 is 15.2 Å². The summed E-state index contributed by atoms with van der Waals surface area (Å²) in [5.74, 6) is -0.509. The van der Waals surface area contributed by atoms with Gasteiger partial charge in [-0.25, -0.2) is 8.91 Å². The summed E-state index contributed by atoms with van der Waals surface area (Å²) in [6, 6.07) is 10.1. The molecule has 1 fully saturated rings. The highest BCUT2D eigenvalue weighted by molar-refractivity contribution is 5.94. The van der Waals surface area contributed by atoms with Crippen LogP contribution < -0.4 is 10.1 Å². The van der Waals surface area contributed by atoms with Crippen LogP contribution in [0.4, 0.5) is 4.39 Å². The number of halogens is 1. The molecule has 0 bridgehead atoms. The summed E-state index contributed by atoms with van der Waals surface area (Å²) in [4.78, 5) is 12.9. The van der Waals surface area contributed by atoms with Gasteiger partial charge >= 0.3 is 0 Å². The minimum absolute atomic E-state index is 0.188. The fourth-order valence-electron chi connectivity index (χ4n) is 3.99. The van der Waals surface area contributed by atoms with Gasteiger partial charge in [0.1, 0.15) is 5.69 Å². The second-order valence-corrected chi connectivity index (χ2v) is 7.42. The Morgan fingerprint density at radius 1 is 1.28 bits per heavy atom. The molecule has 2 atom stereocenters. The number of benzene rings is 1. The smallest absolute Gasteiger partial charge is 0.270 e. The van der Waals surface area contributed by atoms with Gasteiger partial charge in [-0.1, -0.05) is 25.0 Å². The molecule has 1 amide bonds. The van der Waals surface area contributed by atoms with Crippen molar-refractivity contribution < 1.29 is 19.0 Å². The van der Waals surface area contributed by atoms with Crippen LogP contribution in [0.1, 0.15) is 47.3 Å². The third-order valence-corrected chi connectivity index (χ3v) is 5.54. The molecule has 0 spiro atoms. The zero-order chi connectivity index (χ0) is 20.4. The van der Waals surface area contributed by atoms with Gasteiger partial charge in [0, 0.05) is 12.6 Å². The molecular weight excluding hydrogens is 373 g/mol. The van der Waals surface area contributed by atoms with Crippen molar-refractivity contribution in [3.8, 4) is 5.75 Å². The number of amides is 1. The van der Waals surface area contributed by atoms with E-state index in [0.717, 1.165) is 30.3 Å². The third kappa shape index (κ3) is 3.82. The van der Waals surface area contributed by atoms with Gasteiger partial charge in [0.15, 0.2) is 11.6 Å². The van der Waals surface area contributed by atoms with Gasteiger partial charge in [0.05, 0.1) is 24.8 Å². The minimum Gasteiger partial charge on any atom is -0.494 e. The van der Waals surface area contributed by atoms with Crippen LogP contribution in [0.2, 0.25) is 0 Å². The maximum Gasteiger partial charge on any atom is 0.270 e. The molecule has 0 aliphatic heterocycles. The number of hydrogen-bond donors (Lipinski definition) is 2. The van der Waals surface area contributed by atoms with Crippen LogP contribution in [0.3, 0.4) is 0 Å². The zero-order valence-electron chi connectivity index (χ0n) is 16.3. The SMILES string of the molecule is COc1cccc(Cc2cc(C(=O)N[C@H]3CCCC[C@@H]3O)n3ncccc23)c1F. The van der Waals surface area contributed by atoms with Gasteiger partial charge in [-0.2, -0.15) is 5.10 Å². The summed E-state index contributed by atoms with van der Waals surface area (Å²) < 4.78 is 21.3. The van der Waals surface area contributed by atoms with Crippen LogP contribution in [0.15, 0.2) is 42.6 Å². The molecule has 2 aromatic heterocycles. The van der Waals surface area contributed by atoms with Crippen molar-refractivity contribution in [3.05, 3.63) is 65.2 Å². The van der Waals surface area contributed by atoms with Crippen LogP contribution >= 0.6 is 0 Å². The molecule has 1 aromatic carbocycles. The fraction of sp³-hybridized carbons (Fsp3) is 0.364. The number of rotatable bonds is 5. The summed E-state index contributed by atoms with van der Waals surface area (Å²) in [5, 5.41) is 17.4. The number of fused-ring (bicyclic) bond motifs is 1. The van der Waals surface area contributed by atoms with Gasteiger partial charge in [0.25, 0.3) is 5.91 Å². The summed E-state index contributed by atoms with van der Waals surface area (Å²) in [6.07, 6.45) is 4.78. The van der Waals surface area contributed by atoms with Gasteiger partial charge in [-0.05, 0) is 48.2 Å². The van der Waals surface area contributed by atoms with E-state index in [1.807, 2.05) is 6.07 Å². The molecule has 6 nitrogen and oxygen atoms in total. The normalized spacial score (nSPS) is 19.3. The van der Waals surface area contributed by atoms with Crippen molar-refractivity contribution in [2.45, 2.75) is 44.2 Å². The monoisotopic (exact) mass is 397 g/mol. The molecule has 152 valence electrons. The van der Waals surface area contributed by atoms with E-state index in [1.165, 1.54) is 7.11 Å². The van der Waals surface area contributed by atoms with Crippen LogP contribution in [-0.2, 0) is 6.42 Å². The number of carbonyl (C=O) groups excluding carboxylic acids is 1. The average molecular weight is 397 g/mol. The van der Waals surface area contributed by atoms with Crippen LogP contribution in [0.25, 0.3) is 5.52 Å². The second kappa shape index (κ2) is 8.21. The third-order valence-electron chi connectivity index (χ3n) is 5.54. The van der Waals surface area contributed by atoms with E-state index < -0.39 is 11.9 Å². The van der Waals surface area contributed by atoms with Crippen molar-refractivity contribution in [2.75, 3.05) is 7.11 Å². The van der Waals surface area contributed by atoms with Gasteiger partial charge in [-0.15, -0.1) is 0 Å². The first kappa shape index (κ1) is 19.4. The predicted molar refractivity (Wildman–Crippen MR) is 107 cm³/mol. The number of hydrogen-bond acceptors (Lipinski definition) is 4. The van der Waals surface area contributed by atoms with E-state index in [2.05, 4.69) is 10.4 Å². The summed E-state index contributed by atoms with van der Waals surface area (Å²) in [6.45, 7) is 0. The molecule has 1 saturated carbocycles. The Bertz CT molecular complexity index is 1030. The Kier molecular flexibility index (Phi) is 5.49. The molecular formula is C22H24FN3O3. The van der Waals surface area contributed by atoms with E-state index in [9.17, 15) is 14.3 Å². The Hall–Kier alpha value is -2.93. The lowest BCUT2D eigenvalue weighted by Gasteiger charge is -2.28. The van der Waals surface area contributed by atoms with Crippen molar-refractivity contribution in [1.29, 1.82) is 0 Å². The number of aromatic nitrogens is 2. The standard InChI is InChI=1S/C22H24FN3O3/c1-29-20-10-4-6-14(21(20)23)12-15-13-18(26-17(15)8-5-11-24-26)22(28)25-16-7-2-3-9-19(16)27/h4-6,8,10-11,13,16,19,27H,2-3,7,9,12H2,1H3,(H,25,28)/t16-,19-/m0/s1. The number of aliphatic hydroxyl groups is 1. The summed E-state index contributed by atoms with van der Waals surface area (Å²) >= 11 is 0. The molecule has 3 aromatic rings. The summed E-state index contributed by atoms with van der Waals surface area (Å²) in [5.41, 5.74) is 2.38. The first-order valence-corrected chi connectivity index (χ1v) is 9.84. The van der Waals surface area contributed by atoms with Crippen LogP contribution in [0.5, 0.6) is 5.75 Å².